The van der Waals surface area contributed by atoms with Crippen molar-refractivity contribution >= 4 is 34.5 Å². The second-order valence-electron chi connectivity index (χ2n) is 10.4. The predicted molar refractivity (Wildman–Crippen MR) is 172 cm³/mol. The van der Waals surface area contributed by atoms with E-state index in [1.165, 1.54) is 29.0 Å². The van der Waals surface area contributed by atoms with E-state index in [9.17, 15) is 23.9 Å². The van der Waals surface area contributed by atoms with Gasteiger partial charge in [-0.05, 0) is 47.9 Å². The number of hydrazine groups is 1. The van der Waals surface area contributed by atoms with Crippen LogP contribution in [-0.4, -0.2) is 50.7 Å². The Labute approximate surface area is 264 Å². The number of amides is 1. The van der Waals surface area contributed by atoms with E-state index in [4.69, 9.17) is 26.4 Å². The predicted octanol–water partition coefficient (Wildman–Crippen LogP) is 2.84. The van der Waals surface area contributed by atoms with Gasteiger partial charge in [0.15, 0.2) is 6.29 Å². The first-order chi connectivity index (χ1) is 22.1. The van der Waals surface area contributed by atoms with E-state index in [-0.39, 0.29) is 30.8 Å². The molecule has 3 heterocycles. The van der Waals surface area contributed by atoms with Crippen molar-refractivity contribution < 1.29 is 28.9 Å². The summed E-state index contributed by atoms with van der Waals surface area (Å²) in [6, 6.07) is 11.2. The molecular weight excluding hydrogens is 595 g/mol. The van der Waals surface area contributed by atoms with Crippen molar-refractivity contribution in [1.82, 2.24) is 14.6 Å². The summed E-state index contributed by atoms with van der Waals surface area (Å²) in [6.07, 6.45) is 0.315. The molecule has 1 amide bonds. The zero-order valence-corrected chi connectivity index (χ0v) is 26.0. The lowest BCUT2D eigenvalue weighted by Gasteiger charge is -2.19. The molecule has 0 saturated heterocycles. The molecule has 1 atom stereocenters. The minimum absolute atomic E-state index is 0.106. The highest BCUT2D eigenvalue weighted by Gasteiger charge is 2.30. The summed E-state index contributed by atoms with van der Waals surface area (Å²) in [5.74, 6) is 5.44. The third kappa shape index (κ3) is 6.67. The average molecular weight is 633 g/mol. The highest BCUT2D eigenvalue weighted by Crippen LogP contribution is 2.38. The molecule has 1 aliphatic heterocycles. The number of benzene rings is 2. The van der Waals surface area contributed by atoms with Crippen molar-refractivity contribution in [2.24, 2.45) is 11.6 Å². The second-order valence-corrected chi connectivity index (χ2v) is 10.4. The van der Waals surface area contributed by atoms with Crippen molar-refractivity contribution in [3.05, 3.63) is 98.2 Å². The Kier molecular flexibility index (Phi) is 10.6. The van der Waals surface area contributed by atoms with E-state index >= 15 is 0 Å². The van der Waals surface area contributed by atoms with Gasteiger partial charge in [-0.2, -0.15) is 0 Å². The first kappa shape index (κ1) is 33.9. The number of pyridine rings is 2. The second kappa shape index (κ2) is 14.4. The monoisotopic (exact) mass is 632 g/mol. The van der Waals surface area contributed by atoms with Gasteiger partial charge < -0.3 is 40.4 Å². The summed E-state index contributed by atoms with van der Waals surface area (Å²) in [5.41, 5.74) is 10.5. The van der Waals surface area contributed by atoms with Crippen LogP contribution in [0.4, 0.5) is 10.1 Å². The molecule has 242 valence electrons. The lowest BCUT2D eigenvalue weighted by atomic mass is 9.98. The zero-order valence-electron chi connectivity index (χ0n) is 26.0. The lowest BCUT2D eigenvalue weighted by Crippen LogP contribution is -2.27. The quantitative estimate of drug-likeness (QED) is 0.0871. The fourth-order valence-electron chi connectivity index (χ4n) is 5.34. The van der Waals surface area contributed by atoms with Crippen LogP contribution in [0, 0.1) is 12.7 Å². The van der Waals surface area contributed by atoms with E-state index < -0.39 is 30.0 Å². The first-order valence-electron chi connectivity index (χ1n) is 14.6. The number of aliphatic hydroxyl groups is 2. The number of nitrogens with two attached hydrogens (primary N) is 2. The fraction of sp³-hybridized carbons (Fsp3) is 0.273. The number of hydrogen-bond donors (Lipinski definition) is 5. The summed E-state index contributed by atoms with van der Waals surface area (Å²) in [7, 11) is 1.41. The van der Waals surface area contributed by atoms with Crippen molar-refractivity contribution in [3.8, 4) is 11.4 Å². The summed E-state index contributed by atoms with van der Waals surface area (Å²) in [4.78, 5) is 41.2. The van der Waals surface area contributed by atoms with Crippen molar-refractivity contribution in [1.29, 1.82) is 0 Å². The van der Waals surface area contributed by atoms with Crippen LogP contribution in [0.15, 0.2) is 53.5 Å². The molecule has 4 aromatic rings. The Morgan fingerprint density at radius 1 is 1.22 bits per heavy atom. The summed E-state index contributed by atoms with van der Waals surface area (Å²) in [5, 5.41) is 23.9. The zero-order chi connectivity index (χ0) is 33.7. The van der Waals surface area contributed by atoms with Crippen molar-refractivity contribution in [2.45, 2.75) is 46.6 Å². The number of aryl methyl sites for hydroxylation is 1. The Bertz CT molecular complexity index is 1870. The molecule has 1 unspecified atom stereocenters. The molecule has 5 rings (SSSR count). The molecule has 0 bridgehead atoms. The van der Waals surface area contributed by atoms with Gasteiger partial charge in [0.05, 0.1) is 42.3 Å². The minimum Gasteiger partial charge on any atom is -0.397 e. The van der Waals surface area contributed by atoms with E-state index in [0.29, 0.717) is 62.2 Å². The molecule has 0 spiro atoms. The van der Waals surface area contributed by atoms with Crippen molar-refractivity contribution in [3.63, 3.8) is 0 Å². The molecular formula is C33H37FN6O6. The summed E-state index contributed by atoms with van der Waals surface area (Å²) >= 11 is 0. The van der Waals surface area contributed by atoms with Gasteiger partial charge in [0.1, 0.15) is 18.5 Å². The van der Waals surface area contributed by atoms with Gasteiger partial charge in [-0.1, -0.05) is 26.0 Å². The van der Waals surface area contributed by atoms with E-state index in [0.717, 1.165) is 0 Å². The van der Waals surface area contributed by atoms with Crippen LogP contribution in [-0.2, 0) is 34.0 Å². The molecule has 7 N–H and O–H groups in total. The molecule has 1 aliphatic rings. The summed E-state index contributed by atoms with van der Waals surface area (Å²) < 4.78 is 21.4. The molecule has 13 heteroatoms. The number of aliphatic hydroxyl groups excluding tert-OH is 2. The maximum absolute atomic E-state index is 14.7. The molecule has 0 aliphatic carbocycles. The van der Waals surface area contributed by atoms with E-state index in [1.807, 2.05) is 13.8 Å². The number of nitrogens with zero attached hydrogens (tertiary/aromatic N) is 3. The Morgan fingerprint density at radius 2 is 1.91 bits per heavy atom. The highest BCUT2D eigenvalue weighted by molar-refractivity contribution is 5.91. The number of halogens is 1. The average Bonchev–Trinajstić information content (AvgIpc) is 3.42. The Morgan fingerprint density at radius 3 is 2.54 bits per heavy atom. The SMILES string of the molecule is CC.COCc1c(C(O)C=O)cc2n(c1=O)Cc1c-2nc2cc(F)c(C)cc2c1CN(N)/C=C(\N)c1ccc(NC(=O)CO)cc1. The third-order valence-corrected chi connectivity index (χ3v) is 7.51. The molecule has 12 nitrogen and oxygen atoms in total. The maximum Gasteiger partial charge on any atom is 0.257 e. The number of methoxy groups -OCH3 is 1. The van der Waals surface area contributed by atoms with Crippen LogP contribution in [0.5, 0.6) is 0 Å². The van der Waals surface area contributed by atoms with Gasteiger partial charge in [-0.3, -0.25) is 9.59 Å². The van der Waals surface area contributed by atoms with Crippen LogP contribution in [0.1, 0.15) is 53.3 Å². The molecule has 2 aromatic carbocycles. The number of fused-ring (bicyclic) bond motifs is 4. The molecule has 0 fully saturated rings. The van der Waals surface area contributed by atoms with Crippen LogP contribution >= 0.6 is 0 Å². The first-order valence-corrected chi connectivity index (χ1v) is 14.6. The van der Waals surface area contributed by atoms with Crippen LogP contribution < -0.4 is 22.5 Å². The van der Waals surface area contributed by atoms with Crippen LogP contribution in [0.2, 0.25) is 0 Å². The minimum atomic E-state index is -1.55. The van der Waals surface area contributed by atoms with E-state index in [1.54, 1.807) is 43.3 Å². The standard InChI is InChI=1S/C31H31FN6O6.C2H6/c1-16-7-19-21(10-37(34)12-25(33)17-3-5-18(6-4-17)35-29(42)14-40)22-11-38-27(30(22)36-26(19)9-24(16)32)8-20(28(41)13-39)23(15-44-2)31(38)43;1-2/h3-9,12-13,28,40-41H,10-11,14-15,33-34H2,1-2H3,(H,35,42);1-2H3/b25-12-;. The largest absolute Gasteiger partial charge is 0.397 e. The third-order valence-electron chi connectivity index (χ3n) is 7.51. The smallest absolute Gasteiger partial charge is 0.257 e. The van der Waals surface area contributed by atoms with Crippen molar-refractivity contribution in [2.75, 3.05) is 19.0 Å². The van der Waals surface area contributed by atoms with Gasteiger partial charge in [-0.25, -0.2) is 15.2 Å². The number of rotatable bonds is 10. The number of aldehydes is 1. The molecule has 0 saturated carbocycles. The molecule has 46 heavy (non-hydrogen) atoms. The van der Waals surface area contributed by atoms with E-state index in [2.05, 4.69) is 5.32 Å². The van der Waals surface area contributed by atoms with Gasteiger partial charge in [0.25, 0.3) is 5.56 Å². The number of anilines is 1. The maximum atomic E-state index is 14.7. The summed E-state index contributed by atoms with van der Waals surface area (Å²) in [6.45, 7) is 5.12. The molecule has 2 aromatic heterocycles. The highest BCUT2D eigenvalue weighted by atomic mass is 19.1. The number of carbonyl (C=O) groups is 2. The van der Waals surface area contributed by atoms with Crippen LogP contribution in [0.3, 0.4) is 0 Å². The van der Waals surface area contributed by atoms with Gasteiger partial charge >= 0.3 is 0 Å². The number of ether oxygens (including phenoxy) is 1. The number of nitrogens with one attached hydrogen (secondary N) is 1. The number of hydrogen-bond acceptors (Lipinski definition) is 10. The normalized spacial score (nSPS) is 12.6. The topological polar surface area (TPSA) is 186 Å². The van der Waals surface area contributed by atoms with Crippen LogP contribution in [0.25, 0.3) is 28.0 Å². The van der Waals surface area contributed by atoms with Gasteiger partial charge in [0.2, 0.25) is 5.91 Å². The number of carbonyl (C=O) groups excluding carboxylic acids is 2. The Hall–Kier alpha value is -4.95. The lowest BCUT2D eigenvalue weighted by molar-refractivity contribution is -0.118. The molecule has 0 radical (unpaired) electrons. The van der Waals surface area contributed by atoms with Gasteiger partial charge in [0, 0.05) is 47.1 Å². The Balaban J connectivity index is 0.00000235. The van der Waals surface area contributed by atoms with Gasteiger partial charge in [-0.15, -0.1) is 0 Å². The fourth-order valence-corrected chi connectivity index (χ4v) is 5.34. The number of aromatic nitrogens is 2.